The third-order valence-corrected chi connectivity index (χ3v) is 5.04. The summed E-state index contributed by atoms with van der Waals surface area (Å²) in [5, 5.41) is 15.3. The van der Waals surface area contributed by atoms with Crippen LogP contribution in [-0.4, -0.2) is 45.6 Å². The Morgan fingerprint density at radius 1 is 1.38 bits per heavy atom. The van der Waals surface area contributed by atoms with Gasteiger partial charge in [0.25, 0.3) is 0 Å². The van der Waals surface area contributed by atoms with Gasteiger partial charge in [0.05, 0.1) is 16.5 Å². The predicted molar refractivity (Wildman–Crippen MR) is 112 cm³/mol. The van der Waals surface area contributed by atoms with E-state index in [1.165, 1.54) is 0 Å². The maximum atomic E-state index is 12.6. The van der Waals surface area contributed by atoms with E-state index in [0.29, 0.717) is 29.7 Å². The molecule has 1 aromatic heterocycles. The monoisotopic (exact) mass is 420 g/mol. The summed E-state index contributed by atoms with van der Waals surface area (Å²) in [5.74, 6) is 0. The van der Waals surface area contributed by atoms with Crippen LogP contribution in [0.25, 0.3) is 10.9 Å². The van der Waals surface area contributed by atoms with Gasteiger partial charge >= 0.3 is 11.8 Å². The Kier molecular flexibility index (Phi) is 6.12. The molecule has 1 aromatic carbocycles. The molecule has 3 rings (SSSR count). The second kappa shape index (κ2) is 8.41. The van der Waals surface area contributed by atoms with E-state index in [4.69, 9.17) is 16.3 Å². The predicted octanol–water partition coefficient (Wildman–Crippen LogP) is 5.00. The molecule has 1 N–H and O–H groups in total. The lowest BCUT2D eigenvalue weighted by Crippen LogP contribution is -2.48. The number of pyridine rings is 1. The molecule has 0 aliphatic carbocycles. The van der Waals surface area contributed by atoms with Crippen molar-refractivity contribution >= 4 is 40.0 Å². The quantitative estimate of drug-likeness (QED) is 0.424. The van der Waals surface area contributed by atoms with Crippen LogP contribution in [0, 0.1) is 10.1 Å². The Morgan fingerprint density at radius 3 is 2.79 bits per heavy atom. The Hall–Kier alpha value is -2.61. The van der Waals surface area contributed by atoms with Crippen LogP contribution in [0.3, 0.4) is 0 Å². The Morgan fingerprint density at radius 2 is 2.10 bits per heavy atom. The number of aromatic nitrogens is 1. The number of likely N-dealkylation sites (tertiary alicyclic amines) is 1. The second-order valence-electron chi connectivity index (χ2n) is 8.10. The fourth-order valence-electron chi connectivity index (χ4n) is 3.51. The zero-order chi connectivity index (χ0) is 21.2. The van der Waals surface area contributed by atoms with Crippen molar-refractivity contribution in [1.29, 1.82) is 0 Å². The van der Waals surface area contributed by atoms with E-state index in [2.05, 4.69) is 10.3 Å². The summed E-state index contributed by atoms with van der Waals surface area (Å²) in [4.78, 5) is 29.5. The van der Waals surface area contributed by atoms with Gasteiger partial charge in [-0.2, -0.15) is 0 Å². The van der Waals surface area contributed by atoms with Gasteiger partial charge in [-0.1, -0.05) is 29.8 Å². The number of carbonyl (C=O) groups is 1. The topological polar surface area (TPSA) is 97.6 Å². The molecule has 1 amide bonds. The highest BCUT2D eigenvalue weighted by molar-refractivity contribution is 6.33. The zero-order valence-corrected chi connectivity index (χ0v) is 17.5. The van der Waals surface area contributed by atoms with Gasteiger partial charge in [0.2, 0.25) is 5.15 Å². The van der Waals surface area contributed by atoms with E-state index in [0.717, 1.165) is 19.3 Å². The van der Waals surface area contributed by atoms with Crippen molar-refractivity contribution in [1.82, 2.24) is 9.88 Å². The molecule has 2 aromatic rings. The van der Waals surface area contributed by atoms with Gasteiger partial charge in [-0.05, 0) is 46.1 Å². The SMILES string of the molecule is CC(C)(C)OC(=O)N1CCCCC1CNc1c([N+](=O)[O-])c(Cl)nc2ccccc12. The van der Waals surface area contributed by atoms with Crippen LogP contribution in [0.5, 0.6) is 0 Å². The van der Waals surface area contributed by atoms with Crippen molar-refractivity contribution in [2.75, 3.05) is 18.4 Å². The van der Waals surface area contributed by atoms with E-state index in [1.54, 1.807) is 29.2 Å². The number of benzene rings is 1. The molecule has 8 nitrogen and oxygen atoms in total. The molecule has 1 unspecified atom stereocenters. The molecule has 2 heterocycles. The highest BCUT2D eigenvalue weighted by Gasteiger charge is 2.31. The molecule has 0 bridgehead atoms. The van der Waals surface area contributed by atoms with Crippen LogP contribution in [0.2, 0.25) is 5.15 Å². The number of anilines is 1. The highest BCUT2D eigenvalue weighted by Crippen LogP contribution is 2.37. The number of nitrogens with zero attached hydrogens (tertiary/aromatic N) is 3. The number of piperidine rings is 1. The number of hydrogen-bond donors (Lipinski definition) is 1. The Balaban J connectivity index is 1.88. The summed E-state index contributed by atoms with van der Waals surface area (Å²) < 4.78 is 5.53. The molecule has 0 saturated carbocycles. The van der Waals surface area contributed by atoms with Crippen LogP contribution >= 0.6 is 11.6 Å². The standard InChI is InChI=1S/C20H25ClN4O4/c1-20(2,3)29-19(26)24-11-7-6-8-13(24)12-22-16-14-9-4-5-10-15(14)23-18(21)17(16)25(27)28/h4-5,9-10,13H,6-8,11-12H2,1-3H3,(H,22,23). The number of hydrogen-bond acceptors (Lipinski definition) is 6. The molecule has 0 spiro atoms. The van der Waals surface area contributed by atoms with Crippen LogP contribution in [0.15, 0.2) is 24.3 Å². The van der Waals surface area contributed by atoms with Gasteiger partial charge < -0.3 is 15.0 Å². The highest BCUT2D eigenvalue weighted by atomic mass is 35.5. The molecular weight excluding hydrogens is 396 g/mol. The molecule has 0 radical (unpaired) electrons. The smallest absolute Gasteiger partial charge is 0.410 e. The summed E-state index contributed by atoms with van der Waals surface area (Å²) in [6.07, 6.45) is 2.30. The van der Waals surface area contributed by atoms with Gasteiger partial charge in [0.1, 0.15) is 11.3 Å². The van der Waals surface area contributed by atoms with Crippen molar-refractivity contribution in [2.24, 2.45) is 0 Å². The van der Waals surface area contributed by atoms with Crippen LogP contribution in [0.4, 0.5) is 16.2 Å². The van der Waals surface area contributed by atoms with E-state index in [9.17, 15) is 14.9 Å². The number of rotatable bonds is 4. The number of fused-ring (bicyclic) bond motifs is 1. The van der Waals surface area contributed by atoms with Crippen LogP contribution in [-0.2, 0) is 4.74 Å². The van der Waals surface area contributed by atoms with Crippen molar-refractivity contribution in [3.8, 4) is 0 Å². The fraction of sp³-hybridized carbons (Fsp3) is 0.500. The summed E-state index contributed by atoms with van der Waals surface area (Å²) in [5.41, 5.74) is 0.0451. The first-order chi connectivity index (χ1) is 13.7. The molecule has 1 aliphatic rings. The van der Waals surface area contributed by atoms with Gasteiger partial charge in [-0.3, -0.25) is 10.1 Å². The maximum absolute atomic E-state index is 12.6. The molecule has 1 fully saturated rings. The first-order valence-electron chi connectivity index (χ1n) is 9.63. The van der Waals surface area contributed by atoms with Gasteiger partial charge in [0, 0.05) is 18.5 Å². The molecular formula is C20H25ClN4O4. The van der Waals surface area contributed by atoms with Crippen molar-refractivity contribution in [2.45, 2.75) is 51.7 Å². The van der Waals surface area contributed by atoms with Gasteiger partial charge in [-0.15, -0.1) is 0 Å². The minimum atomic E-state index is -0.583. The van der Waals surface area contributed by atoms with E-state index in [-0.39, 0.29) is 23.0 Å². The van der Waals surface area contributed by atoms with Crippen molar-refractivity contribution in [3.63, 3.8) is 0 Å². The maximum Gasteiger partial charge on any atom is 0.410 e. The number of carbonyl (C=O) groups excluding carboxylic acids is 1. The molecule has 9 heteroatoms. The minimum Gasteiger partial charge on any atom is -0.444 e. The molecule has 156 valence electrons. The van der Waals surface area contributed by atoms with E-state index >= 15 is 0 Å². The molecule has 29 heavy (non-hydrogen) atoms. The van der Waals surface area contributed by atoms with E-state index < -0.39 is 10.5 Å². The third-order valence-electron chi connectivity index (χ3n) is 4.78. The number of para-hydroxylation sites is 1. The Labute approximate surface area is 174 Å². The van der Waals surface area contributed by atoms with E-state index in [1.807, 2.05) is 20.8 Å². The number of nitrogens with one attached hydrogen (secondary N) is 1. The fourth-order valence-corrected chi connectivity index (χ4v) is 3.77. The zero-order valence-electron chi connectivity index (χ0n) is 16.8. The number of amides is 1. The second-order valence-corrected chi connectivity index (χ2v) is 8.46. The summed E-state index contributed by atoms with van der Waals surface area (Å²) in [7, 11) is 0. The lowest BCUT2D eigenvalue weighted by molar-refractivity contribution is -0.384. The lowest BCUT2D eigenvalue weighted by Gasteiger charge is -2.37. The molecule has 1 saturated heterocycles. The molecule has 1 aliphatic heterocycles. The van der Waals surface area contributed by atoms with Crippen LogP contribution < -0.4 is 5.32 Å². The first kappa shape index (κ1) is 21.1. The van der Waals surface area contributed by atoms with Crippen molar-refractivity contribution in [3.05, 3.63) is 39.5 Å². The molecule has 1 atom stereocenters. The normalized spacial score (nSPS) is 17.2. The number of halogens is 1. The summed E-state index contributed by atoms with van der Waals surface area (Å²) >= 11 is 6.10. The Bertz CT molecular complexity index is 929. The van der Waals surface area contributed by atoms with Crippen LogP contribution in [0.1, 0.15) is 40.0 Å². The third kappa shape index (κ3) is 4.87. The van der Waals surface area contributed by atoms with Gasteiger partial charge in [-0.25, -0.2) is 9.78 Å². The summed E-state index contributed by atoms with van der Waals surface area (Å²) in [6.45, 7) is 6.44. The number of ether oxygens (including phenoxy) is 1. The largest absolute Gasteiger partial charge is 0.444 e. The average Bonchev–Trinajstić information content (AvgIpc) is 2.64. The minimum absolute atomic E-state index is 0.135. The lowest BCUT2D eigenvalue weighted by atomic mass is 10.0. The first-order valence-corrected chi connectivity index (χ1v) is 10.0. The average molecular weight is 421 g/mol. The number of nitro groups is 1. The van der Waals surface area contributed by atoms with Crippen molar-refractivity contribution < 1.29 is 14.5 Å². The summed E-state index contributed by atoms with van der Waals surface area (Å²) in [6, 6.07) is 6.97. The van der Waals surface area contributed by atoms with Gasteiger partial charge in [0.15, 0.2) is 0 Å².